The van der Waals surface area contributed by atoms with Crippen LogP contribution >= 0.6 is 23.2 Å². The molecular weight excluding hydrogens is 467 g/mol. The number of piperidine rings is 1. The average Bonchev–Trinajstić information content (AvgIpc) is 3.29. The van der Waals surface area contributed by atoms with Crippen molar-refractivity contribution in [3.63, 3.8) is 0 Å². The molecule has 1 aliphatic rings. The van der Waals surface area contributed by atoms with Gasteiger partial charge in [0.1, 0.15) is 0 Å². The Morgan fingerprint density at radius 1 is 1.18 bits per heavy atom. The number of amides is 1. The summed E-state index contributed by atoms with van der Waals surface area (Å²) in [6.07, 6.45) is 1.69. The van der Waals surface area contributed by atoms with Gasteiger partial charge in [0.15, 0.2) is 11.5 Å². The standard InChI is InChI=1S/C23H24Cl2N4O4/c1-31-19-8-5-14(10-20(19)32-2)22-27-21(33-28-22)13-29-9-3-4-15(12-29)23(30)26-18-7-6-16(24)11-17(18)25/h5-8,10-11,15H,3-4,9,12-13H2,1-2H3,(H,26,30). The van der Waals surface area contributed by atoms with Gasteiger partial charge in [-0.05, 0) is 55.8 Å². The molecule has 174 valence electrons. The predicted octanol–water partition coefficient (Wildman–Crippen LogP) is 4.91. The van der Waals surface area contributed by atoms with Gasteiger partial charge in [-0.15, -0.1) is 0 Å². The van der Waals surface area contributed by atoms with Crippen LogP contribution in [-0.4, -0.2) is 48.3 Å². The van der Waals surface area contributed by atoms with Gasteiger partial charge in [-0.1, -0.05) is 28.4 Å². The minimum absolute atomic E-state index is 0.0690. The first-order valence-electron chi connectivity index (χ1n) is 10.5. The fourth-order valence-electron chi connectivity index (χ4n) is 3.84. The molecule has 0 saturated carbocycles. The Morgan fingerprint density at radius 2 is 2.00 bits per heavy atom. The number of hydrogen-bond acceptors (Lipinski definition) is 7. The topological polar surface area (TPSA) is 89.7 Å². The zero-order valence-electron chi connectivity index (χ0n) is 18.3. The molecule has 0 radical (unpaired) electrons. The van der Waals surface area contributed by atoms with E-state index in [2.05, 4.69) is 20.4 Å². The number of methoxy groups -OCH3 is 2. The summed E-state index contributed by atoms with van der Waals surface area (Å²) < 4.78 is 16.1. The van der Waals surface area contributed by atoms with Crippen LogP contribution in [-0.2, 0) is 11.3 Å². The number of benzene rings is 2. The highest BCUT2D eigenvalue weighted by Gasteiger charge is 2.27. The van der Waals surface area contributed by atoms with Crippen LogP contribution in [0.1, 0.15) is 18.7 Å². The van der Waals surface area contributed by atoms with Crippen molar-refractivity contribution in [1.82, 2.24) is 15.0 Å². The van der Waals surface area contributed by atoms with Crippen molar-refractivity contribution in [1.29, 1.82) is 0 Å². The highest BCUT2D eigenvalue weighted by molar-refractivity contribution is 6.36. The van der Waals surface area contributed by atoms with Crippen LogP contribution in [0.5, 0.6) is 11.5 Å². The third kappa shape index (κ3) is 5.58. The molecule has 1 aliphatic heterocycles. The van der Waals surface area contributed by atoms with Gasteiger partial charge in [0.2, 0.25) is 17.6 Å². The molecule has 2 heterocycles. The first-order chi connectivity index (χ1) is 16.0. The van der Waals surface area contributed by atoms with E-state index in [0.29, 0.717) is 52.0 Å². The van der Waals surface area contributed by atoms with E-state index in [1.54, 1.807) is 44.6 Å². The van der Waals surface area contributed by atoms with Crippen molar-refractivity contribution in [3.05, 3.63) is 52.3 Å². The normalized spacial score (nSPS) is 16.4. The molecule has 1 aromatic heterocycles. The van der Waals surface area contributed by atoms with Gasteiger partial charge in [0.25, 0.3) is 0 Å². The molecule has 33 heavy (non-hydrogen) atoms. The number of anilines is 1. The summed E-state index contributed by atoms with van der Waals surface area (Å²) in [4.78, 5) is 19.5. The maximum absolute atomic E-state index is 12.8. The first-order valence-corrected chi connectivity index (χ1v) is 11.3. The van der Waals surface area contributed by atoms with E-state index in [-0.39, 0.29) is 11.8 Å². The van der Waals surface area contributed by atoms with E-state index in [0.717, 1.165) is 24.9 Å². The van der Waals surface area contributed by atoms with Crippen LogP contribution in [0.2, 0.25) is 10.0 Å². The van der Waals surface area contributed by atoms with Crippen molar-refractivity contribution >= 4 is 34.8 Å². The molecule has 8 nitrogen and oxygen atoms in total. The van der Waals surface area contributed by atoms with E-state index in [9.17, 15) is 4.79 Å². The number of nitrogens with one attached hydrogen (secondary N) is 1. The van der Waals surface area contributed by atoms with Gasteiger partial charge in [0, 0.05) is 17.1 Å². The zero-order valence-corrected chi connectivity index (χ0v) is 19.8. The largest absolute Gasteiger partial charge is 0.493 e. The Hall–Kier alpha value is -2.81. The summed E-state index contributed by atoms with van der Waals surface area (Å²) in [6.45, 7) is 1.90. The van der Waals surface area contributed by atoms with Crippen molar-refractivity contribution in [2.75, 3.05) is 32.6 Å². The summed E-state index contributed by atoms with van der Waals surface area (Å²) in [7, 11) is 3.16. The van der Waals surface area contributed by atoms with Gasteiger partial charge < -0.3 is 19.3 Å². The van der Waals surface area contributed by atoms with Crippen LogP contribution in [0, 0.1) is 5.92 Å². The van der Waals surface area contributed by atoms with E-state index in [4.69, 9.17) is 37.2 Å². The zero-order chi connectivity index (χ0) is 23.4. The van der Waals surface area contributed by atoms with Crippen LogP contribution in [0.4, 0.5) is 5.69 Å². The molecule has 10 heteroatoms. The van der Waals surface area contributed by atoms with Crippen molar-refractivity contribution in [2.24, 2.45) is 5.92 Å². The second-order valence-electron chi connectivity index (χ2n) is 7.77. The molecule has 0 bridgehead atoms. The minimum atomic E-state index is -0.168. The number of aromatic nitrogens is 2. The Morgan fingerprint density at radius 3 is 2.76 bits per heavy atom. The molecule has 4 rings (SSSR count). The molecule has 1 N–H and O–H groups in total. The second-order valence-corrected chi connectivity index (χ2v) is 8.61. The van der Waals surface area contributed by atoms with Crippen LogP contribution < -0.4 is 14.8 Å². The fraction of sp³-hybridized carbons (Fsp3) is 0.348. The fourth-order valence-corrected chi connectivity index (χ4v) is 4.30. The molecule has 1 atom stereocenters. The molecule has 3 aromatic rings. The molecule has 1 saturated heterocycles. The molecule has 1 unspecified atom stereocenters. The SMILES string of the molecule is COc1ccc(-c2noc(CN3CCCC(C(=O)Nc4ccc(Cl)cc4Cl)C3)n2)cc1OC. The second kappa shape index (κ2) is 10.4. The van der Waals surface area contributed by atoms with E-state index in [1.807, 2.05) is 6.07 Å². The van der Waals surface area contributed by atoms with Crippen molar-refractivity contribution in [2.45, 2.75) is 19.4 Å². The third-order valence-electron chi connectivity index (χ3n) is 5.53. The number of carbonyl (C=O) groups excluding carboxylic acids is 1. The van der Waals surface area contributed by atoms with Crippen molar-refractivity contribution in [3.8, 4) is 22.9 Å². The lowest BCUT2D eigenvalue weighted by atomic mass is 9.97. The van der Waals surface area contributed by atoms with Gasteiger partial charge in [-0.3, -0.25) is 9.69 Å². The number of ether oxygens (including phenoxy) is 2. The Bertz CT molecular complexity index is 1140. The Labute approximate surface area is 201 Å². The monoisotopic (exact) mass is 490 g/mol. The Balaban J connectivity index is 1.39. The number of nitrogens with zero attached hydrogens (tertiary/aromatic N) is 3. The average molecular weight is 491 g/mol. The molecule has 2 aromatic carbocycles. The maximum atomic E-state index is 12.8. The quantitative estimate of drug-likeness (QED) is 0.502. The van der Waals surface area contributed by atoms with E-state index in [1.165, 1.54) is 0 Å². The lowest BCUT2D eigenvalue weighted by Crippen LogP contribution is -2.40. The molecule has 0 spiro atoms. The third-order valence-corrected chi connectivity index (χ3v) is 6.08. The maximum Gasteiger partial charge on any atom is 0.241 e. The first kappa shape index (κ1) is 23.4. The Kier molecular flexibility index (Phi) is 7.37. The minimum Gasteiger partial charge on any atom is -0.493 e. The van der Waals surface area contributed by atoms with Gasteiger partial charge in [0.05, 0.1) is 37.4 Å². The lowest BCUT2D eigenvalue weighted by Gasteiger charge is -2.30. The summed E-state index contributed by atoms with van der Waals surface area (Å²) in [6, 6.07) is 10.5. The van der Waals surface area contributed by atoms with E-state index < -0.39 is 0 Å². The molecule has 1 amide bonds. The number of rotatable bonds is 7. The number of hydrogen-bond donors (Lipinski definition) is 1. The summed E-state index contributed by atoms with van der Waals surface area (Å²) in [5.74, 6) is 1.94. The number of halogens is 2. The van der Waals surface area contributed by atoms with Gasteiger partial charge in [-0.2, -0.15) is 4.98 Å². The lowest BCUT2D eigenvalue weighted by molar-refractivity contribution is -0.121. The smallest absolute Gasteiger partial charge is 0.241 e. The summed E-state index contributed by atoms with van der Waals surface area (Å²) in [5, 5.41) is 7.94. The van der Waals surface area contributed by atoms with Crippen LogP contribution in [0.3, 0.4) is 0 Å². The molecule has 1 fully saturated rings. The van der Waals surface area contributed by atoms with Gasteiger partial charge in [-0.25, -0.2) is 0 Å². The number of carbonyl (C=O) groups is 1. The highest BCUT2D eigenvalue weighted by Crippen LogP contribution is 2.31. The highest BCUT2D eigenvalue weighted by atomic mass is 35.5. The predicted molar refractivity (Wildman–Crippen MR) is 126 cm³/mol. The molecule has 0 aliphatic carbocycles. The summed E-state index contributed by atoms with van der Waals surface area (Å²) in [5.41, 5.74) is 1.32. The van der Waals surface area contributed by atoms with Gasteiger partial charge >= 0.3 is 0 Å². The van der Waals surface area contributed by atoms with Crippen LogP contribution in [0.15, 0.2) is 40.9 Å². The summed E-state index contributed by atoms with van der Waals surface area (Å²) >= 11 is 12.1. The molecular formula is C23H24Cl2N4O4. The number of likely N-dealkylation sites (tertiary alicyclic amines) is 1. The van der Waals surface area contributed by atoms with E-state index >= 15 is 0 Å². The van der Waals surface area contributed by atoms with Crippen molar-refractivity contribution < 1.29 is 18.8 Å². The van der Waals surface area contributed by atoms with Crippen LogP contribution in [0.25, 0.3) is 11.4 Å².